The summed E-state index contributed by atoms with van der Waals surface area (Å²) in [5.74, 6) is 1.84. The van der Waals surface area contributed by atoms with E-state index in [2.05, 4.69) is 89.3 Å². The maximum atomic E-state index is 13.2. The van der Waals surface area contributed by atoms with Crippen molar-refractivity contribution in [2.75, 3.05) is 5.33 Å². The van der Waals surface area contributed by atoms with Gasteiger partial charge in [-0.3, -0.25) is 9.59 Å². The van der Waals surface area contributed by atoms with Crippen LogP contribution in [0.5, 0.6) is 0 Å². The molecule has 3 nitrogen and oxygen atoms in total. The molecule has 0 aromatic carbocycles. The fourth-order valence-corrected chi connectivity index (χ4v) is 13.8. The van der Waals surface area contributed by atoms with E-state index in [0.717, 1.165) is 56.7 Å². The Morgan fingerprint density at radius 1 is 0.972 bits per heavy atom. The van der Waals surface area contributed by atoms with Gasteiger partial charge in [-0.05, 0) is 111 Å². The van der Waals surface area contributed by atoms with Gasteiger partial charge in [0.2, 0.25) is 0 Å². The maximum absolute atomic E-state index is 13.2. The number of hydrogen-bond donors (Lipinski definition) is 1. The number of aliphatic carboxylic acids is 1. The van der Waals surface area contributed by atoms with Gasteiger partial charge in [-0.15, -0.1) is 0 Å². The van der Waals surface area contributed by atoms with E-state index in [4.69, 9.17) is 0 Å². The van der Waals surface area contributed by atoms with Gasteiger partial charge < -0.3 is 5.11 Å². The quantitative estimate of drug-likeness (QED) is 0.301. The van der Waals surface area contributed by atoms with E-state index in [1.165, 1.54) is 6.42 Å². The summed E-state index contributed by atoms with van der Waals surface area (Å²) in [6, 6.07) is 0. The van der Waals surface area contributed by atoms with Crippen molar-refractivity contribution >= 4 is 59.5 Å². The molecule has 0 spiro atoms. The number of carbonyl (C=O) groups excluding carboxylic acids is 1. The monoisotopic (exact) mass is 690 g/mol. The zero-order chi connectivity index (χ0) is 26.7. The third-order valence-electron chi connectivity index (χ3n) is 13.6. The first kappa shape index (κ1) is 28.1. The molecule has 0 amide bonds. The van der Waals surface area contributed by atoms with E-state index in [1.807, 2.05) is 0 Å². The molecule has 0 aromatic heterocycles. The number of carboxylic acid groups (broad SMARTS) is 1. The van der Waals surface area contributed by atoms with Crippen molar-refractivity contribution in [3.05, 3.63) is 0 Å². The molecule has 5 rings (SSSR count). The van der Waals surface area contributed by atoms with E-state index in [1.54, 1.807) is 0 Å². The summed E-state index contributed by atoms with van der Waals surface area (Å²) in [6.45, 7) is 14.3. The van der Waals surface area contributed by atoms with Crippen LogP contribution in [0.1, 0.15) is 99.3 Å². The molecule has 204 valence electrons. The highest BCUT2D eigenvalue weighted by atomic mass is 79.9. The van der Waals surface area contributed by atoms with Gasteiger partial charge in [0, 0.05) is 15.1 Å². The second kappa shape index (κ2) is 8.54. The highest BCUT2D eigenvalue weighted by Gasteiger charge is 2.73. The largest absolute Gasteiger partial charge is 0.481 e. The third kappa shape index (κ3) is 3.37. The zero-order valence-electron chi connectivity index (χ0n) is 22.9. The Kier molecular flexibility index (Phi) is 6.67. The number of alkyl halides is 3. The van der Waals surface area contributed by atoms with Crippen molar-refractivity contribution in [1.29, 1.82) is 0 Å². The van der Waals surface area contributed by atoms with Gasteiger partial charge in [-0.1, -0.05) is 82.4 Å². The fraction of sp³-hybridized carbons (Fsp3) is 0.933. The highest BCUT2D eigenvalue weighted by molar-refractivity contribution is 9.12. The van der Waals surface area contributed by atoms with E-state index >= 15 is 0 Å². The molecule has 1 N–H and O–H groups in total. The van der Waals surface area contributed by atoms with Crippen LogP contribution in [-0.4, -0.2) is 31.3 Å². The summed E-state index contributed by atoms with van der Waals surface area (Å²) in [7, 11) is 0. The van der Waals surface area contributed by atoms with E-state index < -0.39 is 11.4 Å². The summed E-state index contributed by atoms with van der Waals surface area (Å²) in [6.07, 6.45) is 9.16. The second-order valence-corrected chi connectivity index (χ2v) is 18.4. The van der Waals surface area contributed by atoms with Crippen molar-refractivity contribution in [2.24, 2.45) is 56.7 Å². The lowest BCUT2D eigenvalue weighted by molar-refractivity contribution is -0.235. The van der Waals surface area contributed by atoms with Gasteiger partial charge >= 0.3 is 5.97 Å². The molecular weight excluding hydrogens is 648 g/mol. The van der Waals surface area contributed by atoms with Crippen LogP contribution in [0.4, 0.5) is 0 Å². The van der Waals surface area contributed by atoms with Crippen molar-refractivity contribution < 1.29 is 14.7 Å². The molecule has 0 heterocycles. The summed E-state index contributed by atoms with van der Waals surface area (Å²) in [5.41, 5.74) is -0.451. The molecule has 5 saturated carbocycles. The molecular formula is C30H45Br3O3. The summed E-state index contributed by atoms with van der Waals surface area (Å²) < 4.78 is -0.0918. The second-order valence-electron chi connectivity index (χ2n) is 15.0. The van der Waals surface area contributed by atoms with Gasteiger partial charge in [-0.2, -0.15) is 0 Å². The lowest BCUT2D eigenvalue weighted by Gasteiger charge is -2.72. The highest BCUT2D eigenvalue weighted by Crippen LogP contribution is 2.77. The Labute approximate surface area is 243 Å². The Balaban J connectivity index is 1.58. The lowest BCUT2D eigenvalue weighted by Crippen LogP contribution is -2.68. The van der Waals surface area contributed by atoms with Crippen LogP contribution < -0.4 is 0 Å². The van der Waals surface area contributed by atoms with Crippen LogP contribution in [0.25, 0.3) is 0 Å². The molecule has 0 aromatic rings. The molecule has 11 atom stereocenters. The average Bonchev–Trinajstić information content (AvgIpc) is 3.20. The average molecular weight is 693 g/mol. The standard InChI is InChI=1S/C30H45Br3O3/c1-25(2)20-10-11-28(5)21(26(20,3)15-19(32)23(25)34)8-7-17-22-18(29(6,33)16-31)9-12-30(22,24(35)36)14-13-27(17,28)4/h17-22H,7-16H2,1-6H3,(H,35,36)/t17?,18-,19?,20?,21?,22?,26+,27-,28-,29?,30+/m1/s1. The van der Waals surface area contributed by atoms with Gasteiger partial charge in [0.15, 0.2) is 5.78 Å². The Bertz CT molecular complexity index is 963. The van der Waals surface area contributed by atoms with Gasteiger partial charge in [-0.25, -0.2) is 0 Å². The number of carboxylic acids is 1. The first-order valence-corrected chi connectivity index (χ1v) is 17.0. The fourth-order valence-electron chi connectivity index (χ4n) is 11.6. The topological polar surface area (TPSA) is 54.4 Å². The van der Waals surface area contributed by atoms with Crippen LogP contribution in [0.15, 0.2) is 0 Å². The molecule has 6 unspecified atom stereocenters. The summed E-state index contributed by atoms with van der Waals surface area (Å²) in [4.78, 5) is 26.2. The molecule has 6 heteroatoms. The number of rotatable bonds is 3. The summed E-state index contributed by atoms with van der Waals surface area (Å²) >= 11 is 11.6. The van der Waals surface area contributed by atoms with Crippen LogP contribution in [0.2, 0.25) is 0 Å². The first-order chi connectivity index (χ1) is 16.5. The third-order valence-corrected chi connectivity index (χ3v) is 17.1. The molecule has 36 heavy (non-hydrogen) atoms. The number of Topliss-reactive ketones (excluding diaryl/α,β-unsaturated/α-hetero) is 1. The number of ketones is 1. The van der Waals surface area contributed by atoms with Gasteiger partial charge in [0.05, 0.1) is 10.2 Å². The van der Waals surface area contributed by atoms with Gasteiger partial charge in [0.1, 0.15) is 0 Å². The predicted octanol–water partition coefficient (Wildman–Crippen LogP) is 8.64. The normalized spacial score (nSPS) is 53.4. The van der Waals surface area contributed by atoms with Crippen molar-refractivity contribution in [3.8, 4) is 0 Å². The van der Waals surface area contributed by atoms with Gasteiger partial charge in [0.25, 0.3) is 0 Å². The maximum Gasteiger partial charge on any atom is 0.309 e. The van der Waals surface area contributed by atoms with Crippen LogP contribution >= 0.6 is 47.8 Å². The molecule has 5 aliphatic rings. The number of carbonyl (C=O) groups is 2. The Morgan fingerprint density at radius 3 is 2.25 bits per heavy atom. The van der Waals surface area contributed by atoms with Crippen LogP contribution in [-0.2, 0) is 9.59 Å². The zero-order valence-corrected chi connectivity index (χ0v) is 27.7. The minimum absolute atomic E-state index is 0.0557. The molecule has 5 fully saturated rings. The number of hydrogen-bond acceptors (Lipinski definition) is 2. The minimum Gasteiger partial charge on any atom is -0.481 e. The molecule has 0 bridgehead atoms. The van der Waals surface area contributed by atoms with E-state index in [0.29, 0.717) is 29.5 Å². The molecule has 0 saturated heterocycles. The van der Waals surface area contributed by atoms with Crippen molar-refractivity contribution in [1.82, 2.24) is 0 Å². The van der Waals surface area contributed by atoms with Crippen LogP contribution in [0.3, 0.4) is 0 Å². The summed E-state index contributed by atoms with van der Waals surface area (Å²) in [5, 5.41) is 11.5. The van der Waals surface area contributed by atoms with E-state index in [9.17, 15) is 14.7 Å². The Hall–Kier alpha value is 0.580. The number of halogens is 3. The molecule has 5 aliphatic carbocycles. The first-order valence-electron chi connectivity index (χ1n) is 14.2. The molecule has 0 aliphatic heterocycles. The van der Waals surface area contributed by atoms with Crippen LogP contribution in [0, 0.1) is 56.7 Å². The number of fused-ring (bicyclic) bond motifs is 7. The predicted molar refractivity (Wildman–Crippen MR) is 156 cm³/mol. The van der Waals surface area contributed by atoms with Crippen molar-refractivity contribution in [2.45, 2.75) is 108 Å². The van der Waals surface area contributed by atoms with E-state index in [-0.39, 0.29) is 36.7 Å². The smallest absolute Gasteiger partial charge is 0.309 e. The lowest BCUT2D eigenvalue weighted by atomic mass is 9.32. The minimum atomic E-state index is -0.573. The Morgan fingerprint density at radius 2 is 1.64 bits per heavy atom. The van der Waals surface area contributed by atoms with Crippen molar-refractivity contribution in [3.63, 3.8) is 0 Å². The molecule has 0 radical (unpaired) electrons. The SMILES string of the molecule is CC1(C)C(=O)C(Br)C[C@@]2(C)C1CC[C@]1(C)C2CCC2C3[C@H](C(C)(Br)CBr)CC[C@]3(C(=O)O)CC[C@]21C.